The van der Waals surface area contributed by atoms with Crippen LogP contribution in [-0.2, 0) is 0 Å². The van der Waals surface area contributed by atoms with Crippen molar-refractivity contribution in [2.45, 2.75) is 34.6 Å². The molecule has 0 aliphatic rings. The molecule has 0 atom stereocenters. The van der Waals surface area contributed by atoms with Gasteiger partial charge in [-0.3, -0.25) is 4.98 Å². The van der Waals surface area contributed by atoms with Crippen LogP contribution >= 0.6 is 0 Å². The Kier molecular flexibility index (Phi) is 11.5. The van der Waals surface area contributed by atoms with Gasteiger partial charge in [0.25, 0.3) is 0 Å². The van der Waals surface area contributed by atoms with E-state index in [-0.39, 0.29) is 0 Å². The highest BCUT2D eigenvalue weighted by Crippen LogP contribution is 1.85. The molecule has 1 heteroatoms. The second-order valence-corrected chi connectivity index (χ2v) is 2.40. The Morgan fingerprint density at radius 1 is 1.27 bits per heavy atom. The maximum absolute atomic E-state index is 4.18. The first-order valence-electron chi connectivity index (χ1n) is 5.49. The molecule has 1 aromatic rings. The molecule has 0 aromatic carbocycles. The topological polar surface area (TPSA) is 12.9 Å². The first-order valence-corrected chi connectivity index (χ1v) is 5.49. The lowest BCUT2D eigenvalue weighted by molar-refractivity contribution is 1.21. The molecule has 0 amide bonds. The second-order valence-electron chi connectivity index (χ2n) is 2.40. The van der Waals surface area contributed by atoms with Gasteiger partial charge in [0.1, 0.15) is 0 Å². The molecule has 15 heavy (non-hydrogen) atoms. The second kappa shape index (κ2) is 10.7. The molecule has 1 nitrogen and oxygen atoms in total. The van der Waals surface area contributed by atoms with Crippen molar-refractivity contribution in [1.29, 1.82) is 0 Å². The molecule has 0 aliphatic heterocycles. The summed E-state index contributed by atoms with van der Waals surface area (Å²) in [4.78, 5) is 4.18. The first kappa shape index (κ1) is 16.1. The predicted molar refractivity (Wildman–Crippen MR) is 71.0 cm³/mol. The maximum Gasteiger partial charge on any atom is 0.0724 e. The Morgan fingerprint density at radius 2 is 1.80 bits per heavy atom. The van der Waals surface area contributed by atoms with Crippen LogP contribution in [0.1, 0.15) is 34.6 Å². The fourth-order valence-electron chi connectivity index (χ4n) is 0.890. The van der Waals surface area contributed by atoms with Crippen molar-refractivity contribution in [2.75, 3.05) is 0 Å². The van der Waals surface area contributed by atoms with Gasteiger partial charge in [-0.2, -0.15) is 0 Å². The molecule has 0 N–H and O–H groups in total. The summed E-state index contributed by atoms with van der Waals surface area (Å²) in [5, 5.41) is 1.88. The van der Waals surface area contributed by atoms with E-state index < -0.39 is 0 Å². The van der Waals surface area contributed by atoms with Gasteiger partial charge in [-0.25, -0.2) is 0 Å². The largest absolute Gasteiger partial charge is 0.256 e. The molecule has 0 saturated carbocycles. The third kappa shape index (κ3) is 5.84. The van der Waals surface area contributed by atoms with Gasteiger partial charge in [0, 0.05) is 6.20 Å². The summed E-state index contributed by atoms with van der Waals surface area (Å²) < 4.78 is 0. The number of pyridine rings is 1. The van der Waals surface area contributed by atoms with E-state index in [0.29, 0.717) is 0 Å². The fourth-order valence-corrected chi connectivity index (χ4v) is 0.890. The van der Waals surface area contributed by atoms with Crippen LogP contribution in [0.3, 0.4) is 0 Å². The molecular formula is C14H23N. The van der Waals surface area contributed by atoms with E-state index in [2.05, 4.69) is 18.1 Å². The van der Waals surface area contributed by atoms with E-state index >= 15 is 0 Å². The molecule has 0 bridgehead atoms. The molecule has 0 saturated heterocycles. The van der Waals surface area contributed by atoms with Crippen molar-refractivity contribution < 1.29 is 0 Å². The minimum atomic E-state index is 0.933. The standard InChI is InChI=1S/C10H11N.2C2H6/c1-4-8(2)10-9(3)6-5-7-11-10;2*1-2/h4-7H,1,3H2,2H3;2*1-2H3/b10-8+;;. The third-order valence-corrected chi connectivity index (χ3v) is 1.57. The summed E-state index contributed by atoms with van der Waals surface area (Å²) in [5.74, 6) is 0. The molecule has 0 fully saturated rings. The fraction of sp³-hybridized carbons (Fsp3) is 0.357. The zero-order valence-electron chi connectivity index (χ0n) is 10.7. The van der Waals surface area contributed by atoms with Crippen LogP contribution in [-0.4, -0.2) is 4.98 Å². The van der Waals surface area contributed by atoms with Crippen LogP contribution in [0, 0.1) is 0 Å². The Balaban J connectivity index is 0. The van der Waals surface area contributed by atoms with Crippen LogP contribution < -0.4 is 10.6 Å². The molecule has 0 aliphatic carbocycles. The summed E-state index contributed by atoms with van der Waals surface area (Å²) in [6.45, 7) is 17.5. The van der Waals surface area contributed by atoms with Crippen LogP contribution in [0.4, 0.5) is 0 Å². The van der Waals surface area contributed by atoms with Crippen molar-refractivity contribution in [1.82, 2.24) is 4.98 Å². The molecule has 0 radical (unpaired) electrons. The van der Waals surface area contributed by atoms with E-state index in [1.807, 2.05) is 46.8 Å². The minimum Gasteiger partial charge on any atom is -0.256 e. The van der Waals surface area contributed by atoms with E-state index in [9.17, 15) is 0 Å². The summed E-state index contributed by atoms with van der Waals surface area (Å²) in [6, 6.07) is 3.82. The van der Waals surface area contributed by atoms with Crippen LogP contribution in [0.5, 0.6) is 0 Å². The molecule has 1 aromatic heterocycles. The van der Waals surface area contributed by atoms with Crippen LogP contribution in [0.15, 0.2) is 31.0 Å². The van der Waals surface area contributed by atoms with Gasteiger partial charge >= 0.3 is 0 Å². The maximum atomic E-state index is 4.18. The van der Waals surface area contributed by atoms with Gasteiger partial charge in [0.05, 0.1) is 5.35 Å². The molecule has 1 heterocycles. The van der Waals surface area contributed by atoms with Crippen molar-refractivity contribution in [3.8, 4) is 0 Å². The number of rotatable bonds is 1. The van der Waals surface area contributed by atoms with Gasteiger partial charge in [0.15, 0.2) is 0 Å². The number of aromatic nitrogens is 1. The van der Waals surface area contributed by atoms with Gasteiger partial charge in [-0.05, 0) is 23.8 Å². The smallest absolute Gasteiger partial charge is 0.0724 e. The highest BCUT2D eigenvalue weighted by Gasteiger charge is 1.85. The normalized spacial score (nSPS) is 9.93. The molecule has 1 rings (SSSR count). The van der Waals surface area contributed by atoms with Crippen molar-refractivity contribution in [2.24, 2.45) is 0 Å². The summed E-state index contributed by atoms with van der Waals surface area (Å²) in [7, 11) is 0. The van der Waals surface area contributed by atoms with E-state index in [0.717, 1.165) is 16.1 Å². The monoisotopic (exact) mass is 205 g/mol. The SMILES string of the molecule is C=C/C(C)=c1/ncccc1=C.CC.CC. The Bertz CT molecular complexity index is 363. The summed E-state index contributed by atoms with van der Waals surface area (Å²) in [6.07, 6.45) is 3.55. The molecule has 0 spiro atoms. The molecule has 84 valence electrons. The number of hydrogen-bond acceptors (Lipinski definition) is 1. The van der Waals surface area contributed by atoms with E-state index in [1.165, 1.54) is 0 Å². The number of allylic oxidation sites excluding steroid dienone is 1. The van der Waals surface area contributed by atoms with Gasteiger partial charge in [-0.1, -0.05) is 53.0 Å². The highest BCUT2D eigenvalue weighted by molar-refractivity contribution is 5.51. The minimum absolute atomic E-state index is 0.933. The summed E-state index contributed by atoms with van der Waals surface area (Å²) in [5.41, 5.74) is 1.07. The first-order chi connectivity index (χ1) is 7.25. The molecular weight excluding hydrogens is 182 g/mol. The highest BCUT2D eigenvalue weighted by atomic mass is 14.6. The average molecular weight is 205 g/mol. The average Bonchev–Trinajstić information content (AvgIpc) is 2.34. The van der Waals surface area contributed by atoms with Gasteiger partial charge in [0.2, 0.25) is 0 Å². The van der Waals surface area contributed by atoms with Gasteiger partial charge < -0.3 is 0 Å². The van der Waals surface area contributed by atoms with E-state index in [1.54, 1.807) is 12.3 Å². The Hall–Kier alpha value is -1.37. The van der Waals surface area contributed by atoms with Crippen molar-refractivity contribution in [3.63, 3.8) is 0 Å². The van der Waals surface area contributed by atoms with Crippen molar-refractivity contribution >= 4 is 12.2 Å². The molecule has 0 unspecified atom stereocenters. The third-order valence-electron chi connectivity index (χ3n) is 1.57. The summed E-state index contributed by atoms with van der Waals surface area (Å²) >= 11 is 0. The van der Waals surface area contributed by atoms with Crippen LogP contribution in [0.2, 0.25) is 0 Å². The Morgan fingerprint density at radius 3 is 2.20 bits per heavy atom. The lowest BCUT2D eigenvalue weighted by Gasteiger charge is -1.90. The Labute approximate surface area is 93.9 Å². The van der Waals surface area contributed by atoms with Crippen LogP contribution in [0.25, 0.3) is 12.2 Å². The lowest BCUT2D eigenvalue weighted by atomic mass is 10.2. The van der Waals surface area contributed by atoms with Gasteiger partial charge in [-0.15, -0.1) is 0 Å². The van der Waals surface area contributed by atoms with Crippen molar-refractivity contribution in [3.05, 3.63) is 41.6 Å². The lowest BCUT2D eigenvalue weighted by Crippen LogP contribution is -2.27. The number of hydrogen-bond donors (Lipinski definition) is 0. The quantitative estimate of drug-likeness (QED) is 0.687. The number of nitrogens with zero attached hydrogens (tertiary/aromatic N) is 1. The zero-order chi connectivity index (χ0) is 12.3. The zero-order valence-corrected chi connectivity index (χ0v) is 10.7. The predicted octanol–water partition coefficient (Wildman–Crippen LogP) is 2.90. The van der Waals surface area contributed by atoms with E-state index in [4.69, 9.17) is 0 Å².